The van der Waals surface area contributed by atoms with Gasteiger partial charge in [-0.25, -0.2) is 4.79 Å². The Morgan fingerprint density at radius 2 is 2.11 bits per heavy atom. The number of carbonyl (C=O) groups excluding carboxylic acids is 1. The smallest absolute Gasteiger partial charge is 0.337 e. The number of nitrogens with zero attached hydrogens (tertiary/aromatic N) is 1. The Kier molecular flexibility index (Phi) is 7.08. The normalized spacial score (nSPS) is 32.4. The summed E-state index contributed by atoms with van der Waals surface area (Å²) in [4.78, 5) is 14.9. The van der Waals surface area contributed by atoms with Crippen molar-refractivity contribution in [2.24, 2.45) is 17.8 Å². The molecule has 2 heterocycles. The largest absolute Gasteiger partial charge is 0.490 e. The second kappa shape index (κ2) is 10.4. The Hall–Kier alpha value is -2.28. The summed E-state index contributed by atoms with van der Waals surface area (Å²) in [5.74, 6) is 1.55. The molecule has 2 aliphatic carbocycles. The highest BCUT2D eigenvalue weighted by Gasteiger charge is 2.45. The predicted octanol–water partition coefficient (Wildman–Crippen LogP) is 5.41. The van der Waals surface area contributed by atoms with Crippen LogP contribution in [-0.4, -0.2) is 56.7 Å². The van der Waals surface area contributed by atoms with Gasteiger partial charge in [0.05, 0.1) is 43.8 Å². The summed E-state index contributed by atoms with van der Waals surface area (Å²) in [7, 11) is 1.42. The fourth-order valence-corrected chi connectivity index (χ4v) is 7.37. The van der Waals surface area contributed by atoms with Gasteiger partial charge in [0.1, 0.15) is 5.75 Å². The lowest BCUT2D eigenvalue weighted by molar-refractivity contribution is -0.124. The number of hydrogen-bond donors (Lipinski definition) is 1. The highest BCUT2D eigenvalue weighted by atomic mass is 35.5. The molecule has 2 fully saturated rings. The molecule has 0 aromatic heterocycles. The Balaban J connectivity index is 1.33. The van der Waals surface area contributed by atoms with Crippen molar-refractivity contribution in [3.8, 4) is 5.75 Å². The molecular formula is C31H38ClNO5. The number of ether oxygens (including phenoxy) is 3. The molecule has 6 atom stereocenters. The zero-order valence-corrected chi connectivity index (χ0v) is 23.1. The Labute approximate surface area is 230 Å². The van der Waals surface area contributed by atoms with Crippen LogP contribution in [0.15, 0.2) is 36.4 Å². The molecule has 0 radical (unpaired) electrons. The molecule has 6 nitrogen and oxygen atoms in total. The van der Waals surface area contributed by atoms with Crippen LogP contribution in [0.25, 0.3) is 0 Å². The maximum atomic E-state index is 12.5. The van der Waals surface area contributed by atoms with Crippen molar-refractivity contribution in [1.82, 2.24) is 0 Å². The Bertz CT molecular complexity index is 1200. The topological polar surface area (TPSA) is 68.2 Å². The fraction of sp³-hybridized carbons (Fsp3) is 0.581. The number of carbonyl (C=O) groups is 1. The van der Waals surface area contributed by atoms with E-state index in [9.17, 15) is 9.90 Å². The van der Waals surface area contributed by atoms with E-state index in [0.29, 0.717) is 37.0 Å². The number of aryl methyl sites for hydroxylation is 1. The van der Waals surface area contributed by atoms with Gasteiger partial charge in [0.25, 0.3) is 0 Å². The summed E-state index contributed by atoms with van der Waals surface area (Å²) < 4.78 is 17.8. The van der Waals surface area contributed by atoms with E-state index in [0.717, 1.165) is 61.7 Å². The number of hydrogen-bond acceptors (Lipinski definition) is 6. The first-order valence-electron chi connectivity index (χ1n) is 14.1. The lowest BCUT2D eigenvalue weighted by atomic mass is 9.67. The molecule has 2 aromatic rings. The van der Waals surface area contributed by atoms with Crippen molar-refractivity contribution in [3.05, 3.63) is 58.1 Å². The molecule has 204 valence electrons. The molecule has 4 aliphatic rings. The number of benzene rings is 2. The van der Waals surface area contributed by atoms with Crippen LogP contribution < -0.4 is 9.64 Å². The molecule has 1 unspecified atom stereocenters. The lowest BCUT2D eigenvalue weighted by Crippen LogP contribution is -2.51. The van der Waals surface area contributed by atoms with Crippen LogP contribution in [0.3, 0.4) is 0 Å². The summed E-state index contributed by atoms with van der Waals surface area (Å²) in [6.45, 7) is 4.95. The summed E-state index contributed by atoms with van der Waals surface area (Å²) in [6.07, 6.45) is 5.95. The van der Waals surface area contributed by atoms with E-state index in [1.54, 1.807) is 6.07 Å². The van der Waals surface area contributed by atoms with Gasteiger partial charge in [-0.2, -0.15) is 0 Å². The molecule has 0 amide bonds. The number of fused-ring (bicyclic) bond motifs is 3. The number of halogens is 1. The minimum absolute atomic E-state index is 0.107. The average molecular weight is 540 g/mol. The number of anilines is 1. The van der Waals surface area contributed by atoms with Crippen LogP contribution in [0.4, 0.5) is 5.69 Å². The van der Waals surface area contributed by atoms with Crippen molar-refractivity contribution in [1.29, 1.82) is 0 Å². The van der Waals surface area contributed by atoms with Gasteiger partial charge in [0, 0.05) is 35.9 Å². The van der Waals surface area contributed by atoms with Crippen LogP contribution in [0.5, 0.6) is 5.75 Å². The number of aliphatic hydroxyl groups excluding tert-OH is 1. The summed E-state index contributed by atoms with van der Waals surface area (Å²) in [5, 5.41) is 11.3. The van der Waals surface area contributed by atoms with E-state index < -0.39 is 0 Å². The van der Waals surface area contributed by atoms with Gasteiger partial charge in [-0.1, -0.05) is 24.6 Å². The standard InChI is InChI=1S/C31H38ClNO5/c1-19-16-37-29(14-27(19)34)24-8-5-22(24)15-33-17-31(11-3-4-20-12-23(32)7-9-25(20)31)18-38-28-10-6-21(13-26(28)33)30(35)36-2/h6-7,9-10,12-13,19,22,24,27,29,34H,3-5,8,11,14-18H2,1-2H3/t19?,22-,24+,27-,29+,31-/m0/s1. The summed E-state index contributed by atoms with van der Waals surface area (Å²) in [5.41, 5.74) is 3.97. The molecule has 6 rings (SSSR count). The zero-order chi connectivity index (χ0) is 26.4. The molecule has 0 bridgehead atoms. The zero-order valence-electron chi connectivity index (χ0n) is 22.3. The molecular weight excluding hydrogens is 502 g/mol. The fourth-order valence-electron chi connectivity index (χ4n) is 7.18. The SMILES string of the molecule is COC(=O)c1ccc2c(c1)N(C[C@@H]1CC[C@H]1[C@H]1C[C@H](O)C(C)CO1)C[C@@]1(CCCc3cc(Cl)ccc31)CO2. The van der Waals surface area contributed by atoms with Crippen molar-refractivity contribution in [2.75, 3.05) is 38.3 Å². The predicted molar refractivity (Wildman–Crippen MR) is 147 cm³/mol. The van der Waals surface area contributed by atoms with Crippen LogP contribution in [0, 0.1) is 17.8 Å². The monoisotopic (exact) mass is 539 g/mol. The number of rotatable bonds is 4. The van der Waals surface area contributed by atoms with Crippen LogP contribution >= 0.6 is 11.6 Å². The van der Waals surface area contributed by atoms with E-state index >= 15 is 0 Å². The van der Waals surface area contributed by atoms with Gasteiger partial charge < -0.3 is 24.2 Å². The minimum Gasteiger partial charge on any atom is -0.490 e. The van der Waals surface area contributed by atoms with Crippen LogP contribution in [0.2, 0.25) is 5.02 Å². The summed E-state index contributed by atoms with van der Waals surface area (Å²) >= 11 is 6.39. The molecule has 38 heavy (non-hydrogen) atoms. The van der Waals surface area contributed by atoms with Crippen molar-refractivity contribution in [2.45, 2.75) is 63.1 Å². The third-order valence-electron chi connectivity index (χ3n) is 9.57. The lowest BCUT2D eigenvalue weighted by Gasteiger charge is -2.48. The first kappa shape index (κ1) is 26.0. The quantitative estimate of drug-likeness (QED) is 0.524. The maximum absolute atomic E-state index is 12.5. The van der Waals surface area contributed by atoms with Gasteiger partial charge in [0.15, 0.2) is 0 Å². The molecule has 1 saturated heterocycles. The minimum atomic E-state index is -0.343. The first-order valence-corrected chi connectivity index (χ1v) is 14.4. The molecule has 7 heteroatoms. The Morgan fingerprint density at radius 1 is 1.24 bits per heavy atom. The van der Waals surface area contributed by atoms with Crippen molar-refractivity contribution >= 4 is 23.3 Å². The first-order chi connectivity index (χ1) is 18.4. The summed E-state index contributed by atoms with van der Waals surface area (Å²) in [6, 6.07) is 11.9. The molecule has 2 aliphatic heterocycles. The second-order valence-corrected chi connectivity index (χ2v) is 12.4. The number of methoxy groups -OCH3 is 1. The third-order valence-corrected chi connectivity index (χ3v) is 9.81. The average Bonchev–Trinajstić information content (AvgIpc) is 3.05. The van der Waals surface area contributed by atoms with E-state index in [4.69, 9.17) is 25.8 Å². The van der Waals surface area contributed by atoms with Crippen LogP contribution in [0.1, 0.15) is 60.5 Å². The highest BCUT2D eigenvalue weighted by Crippen LogP contribution is 2.47. The van der Waals surface area contributed by atoms with Gasteiger partial charge in [0.2, 0.25) is 0 Å². The van der Waals surface area contributed by atoms with Gasteiger partial charge in [-0.3, -0.25) is 0 Å². The van der Waals surface area contributed by atoms with Gasteiger partial charge in [-0.05, 0) is 85.4 Å². The number of aliphatic hydroxyl groups is 1. The number of esters is 1. The van der Waals surface area contributed by atoms with E-state index in [1.165, 1.54) is 18.2 Å². The van der Waals surface area contributed by atoms with E-state index in [2.05, 4.69) is 24.0 Å². The van der Waals surface area contributed by atoms with Crippen molar-refractivity contribution in [3.63, 3.8) is 0 Å². The molecule has 1 spiro atoms. The van der Waals surface area contributed by atoms with Gasteiger partial charge >= 0.3 is 5.97 Å². The molecule has 1 N–H and O–H groups in total. The van der Waals surface area contributed by atoms with E-state index in [-0.39, 0.29) is 29.5 Å². The van der Waals surface area contributed by atoms with E-state index in [1.807, 2.05) is 18.2 Å². The Morgan fingerprint density at radius 3 is 2.87 bits per heavy atom. The van der Waals surface area contributed by atoms with Crippen LogP contribution in [-0.2, 0) is 21.3 Å². The second-order valence-electron chi connectivity index (χ2n) is 11.9. The van der Waals surface area contributed by atoms with Crippen molar-refractivity contribution < 1.29 is 24.1 Å². The molecule has 1 saturated carbocycles. The van der Waals surface area contributed by atoms with Gasteiger partial charge in [-0.15, -0.1) is 0 Å². The molecule has 2 aromatic carbocycles. The highest BCUT2D eigenvalue weighted by molar-refractivity contribution is 6.30. The maximum Gasteiger partial charge on any atom is 0.337 e. The third kappa shape index (κ3) is 4.69.